The Kier molecular flexibility index (Phi) is 19.7. The van der Waals surface area contributed by atoms with Gasteiger partial charge >= 0.3 is 7.12 Å². The maximum atomic E-state index is 10.1. The van der Waals surface area contributed by atoms with Crippen molar-refractivity contribution in [1.29, 1.82) is 0 Å². The van der Waals surface area contributed by atoms with Crippen molar-refractivity contribution in [2.24, 2.45) is 0 Å². The molecule has 0 radical (unpaired) electrons. The minimum absolute atomic E-state index is 0.561. The first-order valence-corrected chi connectivity index (χ1v) is 42.7. The average Bonchev–Trinajstić information content (AvgIpc) is 0.753. The van der Waals surface area contributed by atoms with E-state index in [1.54, 1.807) is 0 Å². The van der Waals surface area contributed by atoms with E-state index >= 15 is 0 Å². The number of halogens is 2. The Bertz CT molecular complexity index is 7460. The lowest BCUT2D eigenvalue weighted by molar-refractivity contribution is 0.426. The molecule has 0 aliphatic carbocycles. The third kappa shape index (κ3) is 13.8. The zero-order valence-corrected chi connectivity index (χ0v) is 69.0. The largest absolute Gasteiger partial charge is 0.489 e. The van der Waals surface area contributed by atoms with E-state index in [9.17, 15) is 10.0 Å². The molecule has 0 saturated carbocycles. The van der Waals surface area contributed by atoms with E-state index in [0.29, 0.717) is 5.46 Å². The van der Waals surface area contributed by atoms with Crippen LogP contribution in [0.4, 0.5) is 0 Å². The van der Waals surface area contributed by atoms with Crippen LogP contribution in [0.5, 0.6) is 0 Å². The van der Waals surface area contributed by atoms with Gasteiger partial charge in [-0.1, -0.05) is 432 Å². The Balaban J connectivity index is 0.000000143. The van der Waals surface area contributed by atoms with Gasteiger partial charge in [-0.25, -0.2) is 0 Å². The van der Waals surface area contributed by atoms with E-state index < -0.39 is 7.12 Å². The Morgan fingerprint density at radius 2 is 0.322 bits per heavy atom. The zero-order chi connectivity index (χ0) is 81.0. The summed E-state index contributed by atoms with van der Waals surface area (Å²) >= 11 is 7.02. The number of hydrogen-bond acceptors (Lipinski definition) is 2. The molecule has 23 aromatic carbocycles. The maximum Gasteiger partial charge on any atom is 0.489 e. The molecular formula is C116H75BBr2O2. The lowest BCUT2D eigenvalue weighted by atomic mass is 9.72. The molecular weight excluding hydrogens is 1600 g/mol. The second-order valence-electron chi connectivity index (χ2n) is 31.2. The van der Waals surface area contributed by atoms with Crippen LogP contribution in [0, 0.1) is 0 Å². The van der Waals surface area contributed by atoms with Crippen LogP contribution in [0.15, 0.2) is 452 Å². The van der Waals surface area contributed by atoms with Crippen molar-refractivity contribution < 1.29 is 10.0 Å². The number of hydrogen-bond donors (Lipinski definition) is 2. The predicted molar refractivity (Wildman–Crippen MR) is 526 cm³/mol. The zero-order valence-electron chi connectivity index (χ0n) is 65.9. The monoisotopic (exact) mass is 1670 g/mol. The van der Waals surface area contributed by atoms with E-state index in [-0.39, 0.29) is 0 Å². The standard InChI is InChI=1S/C70H44.C24H17BO2.C22H14Br2/c1-3-17-51-43-53(39-29-45(51)15-1)69-63-25-11-7-21-59(63)67(60-22-8-12-26-64(60)69)49-35-31-47(32-36-49)55-41-42-56(58-20-6-5-19-57(55)58)48-33-37-50(38-34-48)68-61-23-9-13-27-65(61)70(66-28-14-10-24-62(66)68)54-40-30-46-16-2-4-18-52(46)44-54;26-25(27)24-21-11-5-3-9-19(21)23(20-10-4-6-12-22(20)24)18-14-13-16-7-1-2-8-17(16)15-18;23-17-9-5-15(6-10-17)19-13-14-20(16-7-11-18(24)12-8-16)22-4-2-1-3-21(19)22/h1-44H;1-15,26-27H;1-14H. The number of benzene rings is 23. The van der Waals surface area contributed by atoms with Gasteiger partial charge in [0.2, 0.25) is 0 Å². The third-order valence-corrected chi connectivity index (χ3v) is 25.4. The van der Waals surface area contributed by atoms with Crippen molar-refractivity contribution >= 4 is 163 Å². The fourth-order valence-corrected chi connectivity index (χ4v) is 19.3. The second-order valence-corrected chi connectivity index (χ2v) is 33.0. The average molecular weight is 1670 g/mol. The summed E-state index contributed by atoms with van der Waals surface area (Å²) in [6.45, 7) is 0. The normalized spacial score (nSPS) is 11.5. The van der Waals surface area contributed by atoms with Gasteiger partial charge in [-0.05, 0) is 267 Å². The summed E-state index contributed by atoms with van der Waals surface area (Å²) in [5, 5.41) is 46.5. The fraction of sp³-hybridized carbons (Fsp3) is 0. The van der Waals surface area contributed by atoms with Crippen molar-refractivity contribution in [3.05, 3.63) is 452 Å². The fourth-order valence-electron chi connectivity index (χ4n) is 18.8. The first-order chi connectivity index (χ1) is 59.7. The SMILES string of the molecule is Brc1ccc(-c2ccc(-c3ccc(Br)cc3)c3ccccc23)cc1.OB(O)c1c2ccccc2c(-c2ccc3ccccc3c2)c2ccccc12.c1ccc2cc(-c3c4ccccc4c(-c4ccc(-c5ccc(-c6ccc(-c7c8ccccc8c(-c8ccc9ccccc9c8)c8ccccc78)cc6)c6ccccc56)cc4)c4ccccc34)ccc2c1. The Morgan fingerprint density at radius 3 is 0.562 bits per heavy atom. The first kappa shape index (κ1) is 74.4. The molecule has 5 heteroatoms. The smallest absolute Gasteiger partial charge is 0.423 e. The molecule has 0 spiro atoms. The summed E-state index contributed by atoms with van der Waals surface area (Å²) in [7, 11) is -1.52. The van der Waals surface area contributed by atoms with Crippen LogP contribution in [0.25, 0.3) is 219 Å². The molecule has 0 heterocycles. The van der Waals surface area contributed by atoms with Crippen LogP contribution in [0.1, 0.15) is 0 Å². The van der Waals surface area contributed by atoms with Crippen molar-refractivity contribution in [3.63, 3.8) is 0 Å². The molecule has 0 bridgehead atoms. The van der Waals surface area contributed by atoms with Gasteiger partial charge in [-0.3, -0.25) is 0 Å². The van der Waals surface area contributed by atoms with Gasteiger partial charge in [0, 0.05) is 8.95 Å². The quantitative estimate of drug-likeness (QED) is 0.106. The van der Waals surface area contributed by atoms with Crippen LogP contribution in [-0.4, -0.2) is 17.2 Å². The molecule has 121 heavy (non-hydrogen) atoms. The highest BCUT2D eigenvalue weighted by molar-refractivity contribution is 9.10. The van der Waals surface area contributed by atoms with Crippen LogP contribution < -0.4 is 5.46 Å². The number of rotatable bonds is 10. The first-order valence-electron chi connectivity index (χ1n) is 41.1. The van der Waals surface area contributed by atoms with Crippen LogP contribution in [-0.2, 0) is 0 Å². The van der Waals surface area contributed by atoms with E-state index in [0.717, 1.165) is 41.6 Å². The van der Waals surface area contributed by atoms with Crippen molar-refractivity contribution in [1.82, 2.24) is 0 Å². The van der Waals surface area contributed by atoms with Gasteiger partial charge in [-0.15, -0.1) is 0 Å². The Labute approximate surface area is 719 Å². The van der Waals surface area contributed by atoms with Gasteiger partial charge in [0.25, 0.3) is 0 Å². The van der Waals surface area contributed by atoms with Crippen molar-refractivity contribution in [3.8, 4) is 100 Å². The summed E-state index contributed by atoms with van der Waals surface area (Å²) in [5.41, 5.74) is 22.7. The second kappa shape index (κ2) is 32.0. The van der Waals surface area contributed by atoms with Crippen molar-refractivity contribution in [2.45, 2.75) is 0 Å². The third-order valence-electron chi connectivity index (χ3n) is 24.3. The van der Waals surface area contributed by atoms with Crippen LogP contribution >= 0.6 is 31.9 Å². The van der Waals surface area contributed by atoms with Crippen LogP contribution in [0.3, 0.4) is 0 Å². The van der Waals surface area contributed by atoms with E-state index in [2.05, 4.69) is 426 Å². The van der Waals surface area contributed by atoms with Gasteiger partial charge in [0.05, 0.1) is 0 Å². The maximum absolute atomic E-state index is 10.1. The van der Waals surface area contributed by atoms with Gasteiger partial charge in [0.15, 0.2) is 0 Å². The highest BCUT2D eigenvalue weighted by Gasteiger charge is 2.25. The molecule has 2 nitrogen and oxygen atoms in total. The lowest BCUT2D eigenvalue weighted by Gasteiger charge is -2.19. The van der Waals surface area contributed by atoms with E-state index in [1.165, 1.54) is 186 Å². The predicted octanol–water partition coefficient (Wildman–Crippen LogP) is 32.0. The van der Waals surface area contributed by atoms with Gasteiger partial charge in [-0.2, -0.15) is 0 Å². The lowest BCUT2D eigenvalue weighted by Crippen LogP contribution is -2.31. The molecule has 23 rings (SSSR count). The topological polar surface area (TPSA) is 40.5 Å². The molecule has 0 aliphatic rings. The van der Waals surface area contributed by atoms with Crippen molar-refractivity contribution in [2.75, 3.05) is 0 Å². The molecule has 0 saturated heterocycles. The number of fused-ring (bicyclic) bond motifs is 11. The summed E-state index contributed by atoms with van der Waals surface area (Å²) in [6.07, 6.45) is 0. The summed E-state index contributed by atoms with van der Waals surface area (Å²) in [5.74, 6) is 0. The molecule has 0 amide bonds. The van der Waals surface area contributed by atoms with Gasteiger partial charge < -0.3 is 10.0 Å². The molecule has 568 valence electrons. The minimum Gasteiger partial charge on any atom is -0.423 e. The highest BCUT2D eigenvalue weighted by Crippen LogP contribution is 2.49. The minimum atomic E-state index is -1.52. The van der Waals surface area contributed by atoms with E-state index in [4.69, 9.17) is 0 Å². The highest BCUT2D eigenvalue weighted by atomic mass is 79.9. The Hall–Kier alpha value is -14.1. The summed E-state index contributed by atoms with van der Waals surface area (Å²) in [6, 6.07) is 160. The molecule has 23 aromatic rings. The molecule has 0 unspecified atom stereocenters. The van der Waals surface area contributed by atoms with Gasteiger partial charge in [0.1, 0.15) is 0 Å². The summed E-state index contributed by atoms with van der Waals surface area (Å²) in [4.78, 5) is 0. The molecule has 0 aromatic heterocycles. The molecule has 2 N–H and O–H groups in total. The molecule has 0 fully saturated rings. The van der Waals surface area contributed by atoms with Crippen LogP contribution in [0.2, 0.25) is 0 Å². The van der Waals surface area contributed by atoms with E-state index in [1.807, 2.05) is 48.5 Å². The molecule has 0 aliphatic heterocycles. The summed E-state index contributed by atoms with van der Waals surface area (Å²) < 4.78 is 2.20. The Morgan fingerprint density at radius 1 is 0.149 bits per heavy atom. The molecule has 0 atom stereocenters.